The lowest BCUT2D eigenvalue weighted by Gasteiger charge is -2.42. The maximum Gasteiger partial charge on any atom is 0.285 e. The smallest absolute Gasteiger partial charge is 0.285 e. The predicted octanol–water partition coefficient (Wildman–Crippen LogP) is 2.48. The minimum absolute atomic E-state index is 0. The Labute approximate surface area is 200 Å². The number of halogens is 1. The van der Waals surface area contributed by atoms with Crippen LogP contribution >= 0.6 is 25.1 Å². The van der Waals surface area contributed by atoms with Crippen LogP contribution in [-0.4, -0.2) is 41.5 Å². The number of rotatable bonds is 4. The van der Waals surface area contributed by atoms with Gasteiger partial charge >= 0.3 is 0 Å². The SMILES string of the molecule is CC(=O)c1cnc(N)nc1N1CCC1c1nn2ccc(Cl)c2c(=O)n1-c1cccc(C)n1.S. The fourth-order valence-corrected chi connectivity index (χ4v) is 4.12. The zero-order valence-electron chi connectivity index (χ0n) is 17.9. The Morgan fingerprint density at radius 2 is 2.03 bits per heavy atom. The van der Waals surface area contributed by atoms with Crippen molar-refractivity contribution in [3.05, 3.63) is 69.1 Å². The average Bonchev–Trinajstić information content (AvgIpc) is 3.08. The summed E-state index contributed by atoms with van der Waals surface area (Å²) in [5, 5.41) is 5.02. The summed E-state index contributed by atoms with van der Waals surface area (Å²) in [6.07, 6.45) is 3.76. The standard InChI is InChI=1S/C21H19ClN8O2.H2S/c1-11-4-3-5-16(25-11)30-19(27-29-9-6-14(22)17(29)20(30)32)15-7-8-28(15)18-13(12(2)31)10-24-21(23)26-18;/h3-6,9-10,15H,7-8H2,1-2H3,(H2,23,24,26);1H2. The van der Waals surface area contributed by atoms with Crippen LogP contribution in [0.3, 0.4) is 0 Å². The number of aromatic nitrogens is 6. The van der Waals surface area contributed by atoms with Gasteiger partial charge in [-0.25, -0.2) is 19.1 Å². The zero-order chi connectivity index (χ0) is 22.6. The second kappa shape index (κ2) is 8.49. The van der Waals surface area contributed by atoms with E-state index in [2.05, 4.69) is 15.0 Å². The van der Waals surface area contributed by atoms with Crippen molar-refractivity contribution in [1.29, 1.82) is 0 Å². The maximum absolute atomic E-state index is 13.5. The van der Waals surface area contributed by atoms with Crippen LogP contribution < -0.4 is 16.2 Å². The van der Waals surface area contributed by atoms with Gasteiger partial charge in [-0.15, -0.1) is 0 Å². The molecule has 1 fully saturated rings. The molecule has 0 bridgehead atoms. The average molecular weight is 485 g/mol. The second-order valence-electron chi connectivity index (χ2n) is 7.61. The van der Waals surface area contributed by atoms with E-state index >= 15 is 0 Å². The zero-order valence-corrected chi connectivity index (χ0v) is 19.6. The Morgan fingerprint density at radius 3 is 2.70 bits per heavy atom. The van der Waals surface area contributed by atoms with Crippen LogP contribution in [0.25, 0.3) is 11.3 Å². The van der Waals surface area contributed by atoms with Crippen molar-refractivity contribution in [3.8, 4) is 5.82 Å². The second-order valence-corrected chi connectivity index (χ2v) is 8.02. The van der Waals surface area contributed by atoms with Gasteiger partial charge in [0.15, 0.2) is 11.6 Å². The van der Waals surface area contributed by atoms with E-state index in [0.29, 0.717) is 41.0 Å². The molecule has 0 spiro atoms. The lowest BCUT2D eigenvalue weighted by atomic mass is 10.0. The molecule has 4 aromatic heterocycles. The fourth-order valence-electron chi connectivity index (χ4n) is 3.90. The van der Waals surface area contributed by atoms with Gasteiger partial charge in [0.25, 0.3) is 5.56 Å². The van der Waals surface area contributed by atoms with Crippen molar-refractivity contribution in [2.24, 2.45) is 0 Å². The van der Waals surface area contributed by atoms with Crippen LogP contribution in [0.1, 0.15) is 41.3 Å². The van der Waals surface area contributed by atoms with Crippen LogP contribution in [-0.2, 0) is 0 Å². The number of ketones is 1. The number of aryl methyl sites for hydroxylation is 1. The number of pyridine rings is 1. The summed E-state index contributed by atoms with van der Waals surface area (Å²) in [5.41, 5.74) is 6.86. The van der Waals surface area contributed by atoms with Crippen LogP contribution in [0.2, 0.25) is 5.02 Å². The molecule has 33 heavy (non-hydrogen) atoms. The Bertz CT molecular complexity index is 1450. The first-order valence-electron chi connectivity index (χ1n) is 9.99. The Hall–Kier alpha value is -3.44. The molecule has 1 saturated heterocycles. The molecule has 1 unspecified atom stereocenters. The highest BCUT2D eigenvalue weighted by Crippen LogP contribution is 2.38. The quantitative estimate of drug-likeness (QED) is 0.438. The van der Waals surface area contributed by atoms with Crippen LogP contribution in [0.5, 0.6) is 0 Å². The van der Waals surface area contributed by atoms with Gasteiger partial charge in [0.2, 0.25) is 5.95 Å². The third-order valence-electron chi connectivity index (χ3n) is 5.52. The van der Waals surface area contributed by atoms with Gasteiger partial charge < -0.3 is 10.6 Å². The molecule has 0 radical (unpaired) electrons. The van der Waals surface area contributed by atoms with Crippen molar-refractivity contribution in [2.75, 3.05) is 17.2 Å². The number of hydrogen-bond acceptors (Lipinski definition) is 8. The number of carbonyl (C=O) groups is 1. The van der Waals surface area contributed by atoms with Crippen molar-refractivity contribution in [1.82, 2.24) is 29.1 Å². The molecule has 0 saturated carbocycles. The number of carbonyl (C=O) groups excluding carboxylic acids is 1. The van der Waals surface area contributed by atoms with E-state index in [-0.39, 0.29) is 42.3 Å². The molecule has 5 heterocycles. The molecule has 1 atom stereocenters. The Balaban J connectivity index is 0.00000259. The van der Waals surface area contributed by atoms with E-state index in [1.807, 2.05) is 24.0 Å². The molecule has 10 nitrogen and oxygen atoms in total. The summed E-state index contributed by atoms with van der Waals surface area (Å²) < 4.78 is 2.95. The lowest BCUT2D eigenvalue weighted by molar-refractivity contribution is 0.101. The molecule has 0 aromatic carbocycles. The van der Waals surface area contributed by atoms with Gasteiger partial charge in [-0.2, -0.15) is 23.6 Å². The summed E-state index contributed by atoms with van der Waals surface area (Å²) in [7, 11) is 0. The highest BCUT2D eigenvalue weighted by Gasteiger charge is 2.37. The number of fused-ring (bicyclic) bond motifs is 1. The molecule has 0 aliphatic carbocycles. The molecule has 0 amide bonds. The number of anilines is 2. The molecule has 1 aliphatic rings. The number of Topliss-reactive ketones (excluding diaryl/α,β-unsaturated/α-hetero) is 1. The molecule has 2 N–H and O–H groups in total. The van der Waals surface area contributed by atoms with E-state index < -0.39 is 0 Å². The first kappa shape index (κ1) is 22.7. The number of nitrogen functional groups attached to an aromatic ring is 1. The van der Waals surface area contributed by atoms with Gasteiger partial charge in [-0.1, -0.05) is 17.7 Å². The first-order chi connectivity index (χ1) is 15.3. The number of hydrogen-bond donors (Lipinski definition) is 1. The minimum atomic E-state index is -0.331. The summed E-state index contributed by atoms with van der Waals surface area (Å²) in [5.74, 6) is 1.21. The summed E-state index contributed by atoms with van der Waals surface area (Å²) in [6.45, 7) is 3.91. The van der Waals surface area contributed by atoms with E-state index in [9.17, 15) is 9.59 Å². The lowest BCUT2D eigenvalue weighted by Crippen LogP contribution is -2.46. The molecular formula is C21H21ClN8O2S. The van der Waals surface area contributed by atoms with Gasteiger partial charge in [0, 0.05) is 24.6 Å². The topological polar surface area (TPSA) is 124 Å². The fraction of sp³-hybridized carbons (Fsp3) is 0.238. The first-order valence-corrected chi connectivity index (χ1v) is 10.4. The van der Waals surface area contributed by atoms with Gasteiger partial charge in [0.05, 0.1) is 16.6 Å². The van der Waals surface area contributed by atoms with E-state index in [1.165, 1.54) is 22.2 Å². The molecule has 12 heteroatoms. The van der Waals surface area contributed by atoms with E-state index in [1.54, 1.807) is 18.3 Å². The van der Waals surface area contributed by atoms with Gasteiger partial charge in [-0.3, -0.25) is 9.59 Å². The monoisotopic (exact) mass is 484 g/mol. The van der Waals surface area contributed by atoms with Crippen molar-refractivity contribution in [3.63, 3.8) is 0 Å². The normalized spacial score (nSPS) is 15.2. The van der Waals surface area contributed by atoms with E-state index in [0.717, 1.165) is 5.69 Å². The largest absolute Gasteiger partial charge is 0.368 e. The summed E-state index contributed by atoms with van der Waals surface area (Å²) >= 11 is 6.27. The van der Waals surface area contributed by atoms with Gasteiger partial charge in [0.1, 0.15) is 17.2 Å². The molecule has 170 valence electrons. The maximum atomic E-state index is 13.5. The Kier molecular flexibility index (Phi) is 5.85. The van der Waals surface area contributed by atoms with Crippen LogP contribution in [0, 0.1) is 6.92 Å². The highest BCUT2D eigenvalue weighted by atomic mass is 35.5. The number of nitrogens with zero attached hydrogens (tertiary/aromatic N) is 7. The number of nitrogens with two attached hydrogens (primary N) is 1. The van der Waals surface area contributed by atoms with Crippen molar-refractivity contribution in [2.45, 2.75) is 26.3 Å². The van der Waals surface area contributed by atoms with Crippen molar-refractivity contribution < 1.29 is 4.79 Å². The van der Waals surface area contributed by atoms with E-state index in [4.69, 9.17) is 22.4 Å². The molecule has 4 aromatic rings. The van der Waals surface area contributed by atoms with Crippen LogP contribution in [0.15, 0.2) is 41.5 Å². The minimum Gasteiger partial charge on any atom is -0.368 e. The van der Waals surface area contributed by atoms with Crippen molar-refractivity contribution >= 4 is 48.2 Å². The highest BCUT2D eigenvalue weighted by molar-refractivity contribution is 7.59. The predicted molar refractivity (Wildman–Crippen MR) is 130 cm³/mol. The third-order valence-corrected chi connectivity index (χ3v) is 5.83. The third kappa shape index (κ3) is 3.72. The summed E-state index contributed by atoms with van der Waals surface area (Å²) in [4.78, 5) is 40.4. The molecule has 1 aliphatic heterocycles. The van der Waals surface area contributed by atoms with Crippen LogP contribution in [0.4, 0.5) is 11.8 Å². The summed E-state index contributed by atoms with van der Waals surface area (Å²) in [6, 6.07) is 6.72. The Morgan fingerprint density at radius 1 is 1.24 bits per heavy atom. The molecular weight excluding hydrogens is 464 g/mol. The molecule has 5 rings (SSSR count). The van der Waals surface area contributed by atoms with Gasteiger partial charge in [-0.05, 0) is 38.5 Å².